The van der Waals surface area contributed by atoms with Gasteiger partial charge in [0, 0.05) is 12.2 Å². The summed E-state index contributed by atoms with van der Waals surface area (Å²) in [6.07, 6.45) is 7.93. The van der Waals surface area contributed by atoms with E-state index >= 15 is 0 Å². The van der Waals surface area contributed by atoms with Crippen molar-refractivity contribution in [2.45, 2.75) is 44.6 Å². The molecule has 0 aromatic carbocycles. The van der Waals surface area contributed by atoms with Gasteiger partial charge in [-0.05, 0) is 25.5 Å². The van der Waals surface area contributed by atoms with Crippen LogP contribution >= 0.6 is 0 Å². The van der Waals surface area contributed by atoms with Gasteiger partial charge in [0.15, 0.2) is 0 Å². The number of likely N-dealkylation sites (N-methyl/N-ethyl adjacent to an activating group) is 1. The van der Waals surface area contributed by atoms with E-state index in [1.807, 2.05) is 0 Å². The summed E-state index contributed by atoms with van der Waals surface area (Å²) < 4.78 is 5.47. The number of nitrogens with zero attached hydrogens (tertiary/aromatic N) is 4. The van der Waals surface area contributed by atoms with Crippen LogP contribution in [0.3, 0.4) is 0 Å². The van der Waals surface area contributed by atoms with Crippen LogP contribution in [0.2, 0.25) is 0 Å². The molecule has 0 aliphatic heterocycles. The molecule has 6 nitrogen and oxygen atoms in total. The summed E-state index contributed by atoms with van der Waals surface area (Å²) in [5.41, 5.74) is 0.700. The zero-order chi connectivity index (χ0) is 13.8. The quantitative estimate of drug-likeness (QED) is 0.920. The second-order valence-electron chi connectivity index (χ2n) is 5.11. The van der Waals surface area contributed by atoms with E-state index < -0.39 is 0 Å². The minimum Gasteiger partial charge on any atom is -0.339 e. The summed E-state index contributed by atoms with van der Waals surface area (Å²) in [6, 6.07) is 2.23. The molecule has 1 saturated carbocycles. The van der Waals surface area contributed by atoms with Crippen LogP contribution in [-0.4, -0.2) is 32.7 Å². The van der Waals surface area contributed by atoms with Crippen molar-refractivity contribution in [1.29, 1.82) is 0 Å². The van der Waals surface area contributed by atoms with Crippen molar-refractivity contribution in [3.05, 3.63) is 24.5 Å². The summed E-state index contributed by atoms with van der Waals surface area (Å²) in [5.74, 6) is 1.58. The molecule has 1 aliphatic carbocycles. The monoisotopic (exact) mass is 273 g/mol. The maximum atomic E-state index is 5.47. The largest absolute Gasteiger partial charge is 0.339 e. The van der Waals surface area contributed by atoms with E-state index in [9.17, 15) is 0 Å². The molecule has 0 radical (unpaired) electrons. The number of nitrogens with one attached hydrogen (secondary N) is 1. The average molecular weight is 273 g/mol. The third kappa shape index (κ3) is 2.70. The van der Waals surface area contributed by atoms with Gasteiger partial charge >= 0.3 is 0 Å². The molecule has 1 fully saturated rings. The molecule has 2 aromatic heterocycles. The zero-order valence-corrected chi connectivity index (χ0v) is 11.6. The first kappa shape index (κ1) is 13.2. The van der Waals surface area contributed by atoms with Crippen LogP contribution in [0.4, 0.5) is 0 Å². The number of hydrogen-bond donors (Lipinski definition) is 1. The zero-order valence-electron chi connectivity index (χ0n) is 11.6. The van der Waals surface area contributed by atoms with Gasteiger partial charge in [0.05, 0.1) is 5.92 Å². The van der Waals surface area contributed by atoms with Crippen LogP contribution < -0.4 is 5.32 Å². The SMILES string of the molecule is CCNC1CCCCC1c1nc(-c2ccncn2)no1. The molecule has 2 heterocycles. The van der Waals surface area contributed by atoms with Gasteiger partial charge in [0.1, 0.15) is 12.0 Å². The molecule has 0 saturated heterocycles. The van der Waals surface area contributed by atoms with E-state index in [0.717, 1.165) is 18.9 Å². The molecular formula is C14H19N5O. The van der Waals surface area contributed by atoms with Crippen LogP contribution in [0.25, 0.3) is 11.5 Å². The molecule has 6 heteroatoms. The molecule has 2 unspecified atom stereocenters. The van der Waals surface area contributed by atoms with Crippen molar-refractivity contribution in [2.75, 3.05) is 6.54 Å². The Morgan fingerprint density at radius 2 is 2.25 bits per heavy atom. The molecule has 0 bridgehead atoms. The second-order valence-corrected chi connectivity index (χ2v) is 5.11. The highest BCUT2D eigenvalue weighted by Crippen LogP contribution is 2.32. The fourth-order valence-electron chi connectivity index (χ4n) is 2.85. The van der Waals surface area contributed by atoms with Crippen molar-refractivity contribution >= 4 is 0 Å². The van der Waals surface area contributed by atoms with Crippen LogP contribution in [0.15, 0.2) is 23.1 Å². The van der Waals surface area contributed by atoms with Crippen molar-refractivity contribution in [1.82, 2.24) is 25.4 Å². The molecule has 0 spiro atoms. The fraction of sp³-hybridized carbons (Fsp3) is 0.571. The van der Waals surface area contributed by atoms with Gasteiger partial charge < -0.3 is 9.84 Å². The predicted molar refractivity (Wildman–Crippen MR) is 74.0 cm³/mol. The lowest BCUT2D eigenvalue weighted by atomic mass is 9.84. The lowest BCUT2D eigenvalue weighted by Gasteiger charge is -2.29. The maximum absolute atomic E-state index is 5.47. The lowest BCUT2D eigenvalue weighted by Crippen LogP contribution is -2.37. The Hall–Kier alpha value is -1.82. The molecule has 1 aliphatic rings. The Bertz CT molecular complexity index is 540. The van der Waals surface area contributed by atoms with E-state index in [1.54, 1.807) is 12.3 Å². The van der Waals surface area contributed by atoms with Crippen molar-refractivity contribution in [3.8, 4) is 11.5 Å². The summed E-state index contributed by atoms with van der Waals surface area (Å²) in [4.78, 5) is 12.6. The first-order chi connectivity index (χ1) is 9.88. The molecule has 20 heavy (non-hydrogen) atoms. The summed E-state index contributed by atoms with van der Waals surface area (Å²) in [6.45, 7) is 3.10. The maximum Gasteiger partial charge on any atom is 0.231 e. The van der Waals surface area contributed by atoms with Crippen LogP contribution in [0.5, 0.6) is 0 Å². The van der Waals surface area contributed by atoms with Crippen LogP contribution in [-0.2, 0) is 0 Å². The van der Waals surface area contributed by atoms with Crippen molar-refractivity contribution < 1.29 is 4.52 Å². The van der Waals surface area contributed by atoms with Gasteiger partial charge in [0.25, 0.3) is 0 Å². The number of rotatable bonds is 4. The van der Waals surface area contributed by atoms with E-state index in [0.29, 0.717) is 23.5 Å². The van der Waals surface area contributed by atoms with Gasteiger partial charge in [0.2, 0.25) is 11.7 Å². The van der Waals surface area contributed by atoms with Gasteiger partial charge in [-0.15, -0.1) is 0 Å². The van der Waals surface area contributed by atoms with E-state index in [1.165, 1.54) is 25.6 Å². The normalized spacial score (nSPS) is 22.9. The average Bonchev–Trinajstić information content (AvgIpc) is 2.99. The standard InChI is InChI=1S/C14H19N5O/c1-2-16-11-6-4-3-5-10(11)14-18-13(19-20-14)12-7-8-15-9-17-12/h7-11,16H,2-6H2,1H3. The van der Waals surface area contributed by atoms with Gasteiger partial charge in [-0.1, -0.05) is 24.9 Å². The Morgan fingerprint density at radius 1 is 1.35 bits per heavy atom. The molecule has 1 N–H and O–H groups in total. The summed E-state index contributed by atoms with van der Waals surface area (Å²) >= 11 is 0. The fourth-order valence-corrected chi connectivity index (χ4v) is 2.85. The van der Waals surface area contributed by atoms with E-state index in [-0.39, 0.29) is 0 Å². The molecule has 3 rings (SSSR count). The minimum atomic E-state index is 0.312. The first-order valence-electron chi connectivity index (χ1n) is 7.22. The smallest absolute Gasteiger partial charge is 0.231 e. The first-order valence-corrected chi connectivity index (χ1v) is 7.22. The van der Waals surface area contributed by atoms with Crippen LogP contribution in [0.1, 0.15) is 44.4 Å². The van der Waals surface area contributed by atoms with Crippen molar-refractivity contribution in [3.63, 3.8) is 0 Å². The second kappa shape index (κ2) is 6.09. The van der Waals surface area contributed by atoms with E-state index in [4.69, 9.17) is 4.52 Å². The highest BCUT2D eigenvalue weighted by molar-refractivity contribution is 5.46. The number of hydrogen-bond acceptors (Lipinski definition) is 6. The third-order valence-electron chi connectivity index (χ3n) is 3.80. The summed E-state index contributed by atoms with van der Waals surface area (Å²) in [5, 5.41) is 7.58. The third-order valence-corrected chi connectivity index (χ3v) is 3.80. The molecule has 2 atom stereocenters. The molecule has 2 aromatic rings. The molecular weight excluding hydrogens is 254 g/mol. The number of aromatic nitrogens is 4. The Morgan fingerprint density at radius 3 is 3.05 bits per heavy atom. The van der Waals surface area contributed by atoms with Crippen molar-refractivity contribution in [2.24, 2.45) is 0 Å². The minimum absolute atomic E-state index is 0.312. The summed E-state index contributed by atoms with van der Waals surface area (Å²) in [7, 11) is 0. The van der Waals surface area contributed by atoms with Gasteiger partial charge in [-0.3, -0.25) is 0 Å². The molecule has 0 amide bonds. The van der Waals surface area contributed by atoms with E-state index in [2.05, 4.69) is 32.3 Å². The van der Waals surface area contributed by atoms with Crippen LogP contribution in [0, 0.1) is 0 Å². The van der Waals surface area contributed by atoms with Gasteiger partial charge in [-0.25, -0.2) is 9.97 Å². The van der Waals surface area contributed by atoms with Gasteiger partial charge in [-0.2, -0.15) is 4.98 Å². The Balaban J connectivity index is 1.81. The highest BCUT2D eigenvalue weighted by atomic mass is 16.5. The molecule has 106 valence electrons. The topological polar surface area (TPSA) is 76.7 Å². The lowest BCUT2D eigenvalue weighted by molar-refractivity contribution is 0.265. The predicted octanol–water partition coefficient (Wildman–Crippen LogP) is 2.16. The Labute approximate surface area is 118 Å². The highest BCUT2D eigenvalue weighted by Gasteiger charge is 2.30. The Kier molecular flexibility index (Phi) is 4.01.